The van der Waals surface area contributed by atoms with Gasteiger partial charge in [-0.15, -0.1) is 0 Å². The summed E-state index contributed by atoms with van der Waals surface area (Å²) in [4.78, 5) is 14.9. The molecule has 0 aromatic carbocycles. The van der Waals surface area contributed by atoms with Crippen molar-refractivity contribution in [3.63, 3.8) is 0 Å². The van der Waals surface area contributed by atoms with Gasteiger partial charge in [0.25, 0.3) is 0 Å². The maximum Gasteiger partial charge on any atom is 0.231 e. The second-order valence-corrected chi connectivity index (χ2v) is 4.83. The maximum atomic E-state index is 4.40. The smallest absolute Gasteiger partial charge is 0.231 e. The van der Waals surface area contributed by atoms with Gasteiger partial charge in [-0.3, -0.25) is 0 Å². The number of nitrogens with one attached hydrogen (secondary N) is 2. The fraction of sp³-hybridized carbons (Fsp3) is 0.750. The highest BCUT2D eigenvalue weighted by molar-refractivity contribution is 5.43. The standard InChI is InChI=1S/C12H24N6/c1-7-9(8(2)3)14-11-15-10(13-4)16-12(17-11)18(5)6/h8-9H,7H2,1-6H3,(H2,13,14,15,16,17). The highest BCUT2D eigenvalue weighted by Gasteiger charge is 2.14. The number of hydrogen-bond donors (Lipinski definition) is 2. The van der Waals surface area contributed by atoms with Crippen LogP contribution in [0.25, 0.3) is 0 Å². The molecule has 0 radical (unpaired) electrons. The molecule has 0 saturated heterocycles. The molecule has 0 saturated carbocycles. The van der Waals surface area contributed by atoms with E-state index in [0.717, 1.165) is 6.42 Å². The Morgan fingerprint density at radius 2 is 1.72 bits per heavy atom. The highest BCUT2D eigenvalue weighted by atomic mass is 15.3. The second kappa shape index (κ2) is 6.37. The third-order valence-electron chi connectivity index (χ3n) is 2.81. The quantitative estimate of drug-likeness (QED) is 0.805. The van der Waals surface area contributed by atoms with E-state index in [1.165, 1.54) is 0 Å². The molecule has 1 heterocycles. The highest BCUT2D eigenvalue weighted by Crippen LogP contribution is 2.15. The van der Waals surface area contributed by atoms with Crippen LogP contribution in [-0.4, -0.2) is 42.1 Å². The summed E-state index contributed by atoms with van der Waals surface area (Å²) in [5.41, 5.74) is 0. The van der Waals surface area contributed by atoms with Crippen molar-refractivity contribution in [3.05, 3.63) is 0 Å². The van der Waals surface area contributed by atoms with Crippen molar-refractivity contribution in [3.8, 4) is 0 Å². The molecule has 1 aromatic rings. The van der Waals surface area contributed by atoms with Gasteiger partial charge in [0.1, 0.15) is 0 Å². The lowest BCUT2D eigenvalue weighted by atomic mass is 10.0. The summed E-state index contributed by atoms with van der Waals surface area (Å²) >= 11 is 0. The molecule has 2 N–H and O–H groups in total. The molecule has 1 unspecified atom stereocenters. The Kier molecular flexibility index (Phi) is 5.12. The predicted molar refractivity (Wildman–Crippen MR) is 76.2 cm³/mol. The van der Waals surface area contributed by atoms with E-state index >= 15 is 0 Å². The molecule has 6 heteroatoms. The van der Waals surface area contributed by atoms with Crippen LogP contribution in [0.3, 0.4) is 0 Å². The van der Waals surface area contributed by atoms with Crippen LogP contribution >= 0.6 is 0 Å². The molecule has 102 valence electrons. The predicted octanol–water partition coefficient (Wildman–Crippen LogP) is 1.83. The van der Waals surface area contributed by atoms with Crippen molar-refractivity contribution in [1.82, 2.24) is 15.0 Å². The molecular weight excluding hydrogens is 228 g/mol. The minimum absolute atomic E-state index is 0.368. The molecule has 1 rings (SSSR count). The van der Waals surface area contributed by atoms with Gasteiger partial charge >= 0.3 is 0 Å². The lowest BCUT2D eigenvalue weighted by Crippen LogP contribution is -2.26. The summed E-state index contributed by atoms with van der Waals surface area (Å²) in [6.07, 6.45) is 1.04. The molecule has 0 spiro atoms. The van der Waals surface area contributed by atoms with Gasteiger partial charge in [0.2, 0.25) is 17.8 Å². The van der Waals surface area contributed by atoms with E-state index in [9.17, 15) is 0 Å². The zero-order chi connectivity index (χ0) is 13.7. The fourth-order valence-corrected chi connectivity index (χ4v) is 1.65. The number of nitrogens with zero attached hydrogens (tertiary/aromatic N) is 4. The van der Waals surface area contributed by atoms with E-state index in [-0.39, 0.29) is 0 Å². The Labute approximate surface area is 109 Å². The summed E-state index contributed by atoms with van der Waals surface area (Å²) in [5.74, 6) is 2.39. The molecule has 0 aliphatic carbocycles. The molecule has 1 atom stereocenters. The first kappa shape index (κ1) is 14.5. The van der Waals surface area contributed by atoms with Gasteiger partial charge in [-0.25, -0.2) is 0 Å². The Bertz CT molecular complexity index is 377. The van der Waals surface area contributed by atoms with E-state index in [1.54, 1.807) is 7.05 Å². The van der Waals surface area contributed by atoms with Crippen molar-refractivity contribution >= 4 is 17.8 Å². The van der Waals surface area contributed by atoms with E-state index < -0.39 is 0 Å². The first-order chi connectivity index (χ1) is 8.47. The maximum absolute atomic E-state index is 4.40. The van der Waals surface area contributed by atoms with Gasteiger partial charge in [-0.1, -0.05) is 20.8 Å². The van der Waals surface area contributed by atoms with E-state index in [2.05, 4.69) is 46.4 Å². The largest absolute Gasteiger partial charge is 0.357 e. The van der Waals surface area contributed by atoms with Gasteiger partial charge in [-0.05, 0) is 12.3 Å². The lowest BCUT2D eigenvalue weighted by Gasteiger charge is -2.21. The molecule has 1 aromatic heterocycles. The third kappa shape index (κ3) is 3.72. The van der Waals surface area contributed by atoms with Crippen LogP contribution < -0.4 is 15.5 Å². The molecule has 0 bridgehead atoms. The van der Waals surface area contributed by atoms with Crippen molar-refractivity contribution in [1.29, 1.82) is 0 Å². The first-order valence-corrected chi connectivity index (χ1v) is 6.35. The van der Waals surface area contributed by atoms with Crippen LogP contribution in [0.15, 0.2) is 0 Å². The summed E-state index contributed by atoms with van der Waals surface area (Å²) in [7, 11) is 5.63. The number of hydrogen-bond acceptors (Lipinski definition) is 6. The Hall–Kier alpha value is -1.59. The summed E-state index contributed by atoms with van der Waals surface area (Å²) in [6, 6.07) is 0.368. The molecule has 0 aliphatic rings. The number of rotatable bonds is 6. The number of aromatic nitrogens is 3. The van der Waals surface area contributed by atoms with Crippen LogP contribution in [0.2, 0.25) is 0 Å². The van der Waals surface area contributed by atoms with Gasteiger partial charge in [0.15, 0.2) is 0 Å². The average Bonchev–Trinajstić information content (AvgIpc) is 2.34. The van der Waals surface area contributed by atoms with Crippen LogP contribution in [-0.2, 0) is 0 Å². The van der Waals surface area contributed by atoms with Crippen molar-refractivity contribution in [2.24, 2.45) is 5.92 Å². The van der Waals surface area contributed by atoms with Gasteiger partial charge in [-0.2, -0.15) is 15.0 Å². The average molecular weight is 252 g/mol. The van der Waals surface area contributed by atoms with Crippen molar-refractivity contribution in [2.75, 3.05) is 36.7 Å². The topological polar surface area (TPSA) is 66.0 Å². The monoisotopic (exact) mass is 252 g/mol. The lowest BCUT2D eigenvalue weighted by molar-refractivity contribution is 0.508. The zero-order valence-electron chi connectivity index (χ0n) is 12.2. The molecule has 0 fully saturated rings. The van der Waals surface area contributed by atoms with Gasteiger partial charge in [0.05, 0.1) is 0 Å². The minimum Gasteiger partial charge on any atom is -0.357 e. The van der Waals surface area contributed by atoms with Crippen molar-refractivity contribution in [2.45, 2.75) is 33.2 Å². The molecule has 18 heavy (non-hydrogen) atoms. The summed E-state index contributed by atoms with van der Waals surface area (Å²) in [6.45, 7) is 6.53. The molecule has 6 nitrogen and oxygen atoms in total. The van der Waals surface area contributed by atoms with Crippen molar-refractivity contribution < 1.29 is 0 Å². The van der Waals surface area contributed by atoms with E-state index in [4.69, 9.17) is 0 Å². The molecule has 0 amide bonds. The van der Waals surface area contributed by atoms with Crippen LogP contribution in [0.1, 0.15) is 27.2 Å². The zero-order valence-corrected chi connectivity index (χ0v) is 12.2. The SMILES string of the molecule is CCC(Nc1nc(NC)nc(N(C)C)n1)C(C)C. The van der Waals surface area contributed by atoms with Crippen LogP contribution in [0.5, 0.6) is 0 Å². The molecule has 0 aliphatic heterocycles. The van der Waals surface area contributed by atoms with E-state index in [0.29, 0.717) is 29.8 Å². The van der Waals surface area contributed by atoms with Gasteiger partial charge in [0, 0.05) is 27.2 Å². The number of anilines is 3. The third-order valence-corrected chi connectivity index (χ3v) is 2.81. The first-order valence-electron chi connectivity index (χ1n) is 6.35. The Morgan fingerprint density at radius 1 is 1.11 bits per heavy atom. The van der Waals surface area contributed by atoms with Gasteiger partial charge < -0.3 is 15.5 Å². The van der Waals surface area contributed by atoms with Crippen LogP contribution in [0, 0.1) is 5.92 Å². The van der Waals surface area contributed by atoms with Crippen LogP contribution in [0.4, 0.5) is 17.8 Å². The minimum atomic E-state index is 0.368. The summed E-state index contributed by atoms with van der Waals surface area (Å²) in [5, 5.41) is 6.32. The van der Waals surface area contributed by atoms with E-state index in [1.807, 2.05) is 19.0 Å². The Morgan fingerprint density at radius 3 is 2.17 bits per heavy atom. The fourth-order valence-electron chi connectivity index (χ4n) is 1.65. The summed E-state index contributed by atoms with van der Waals surface area (Å²) < 4.78 is 0. The normalized spacial score (nSPS) is 12.4. The molecular formula is C12H24N6. The Balaban J connectivity index is 2.97. The second-order valence-electron chi connectivity index (χ2n) is 4.83.